The van der Waals surface area contributed by atoms with Gasteiger partial charge in [-0.3, -0.25) is 14.9 Å². The van der Waals surface area contributed by atoms with E-state index in [1.807, 2.05) is 13.8 Å². The number of nitrogens with one attached hydrogen (secondary N) is 1. The molecule has 0 bridgehead atoms. The lowest BCUT2D eigenvalue weighted by atomic mass is 10.0. The minimum absolute atomic E-state index is 0.0406. The lowest BCUT2D eigenvalue weighted by molar-refractivity contribution is -0.384. The van der Waals surface area contributed by atoms with Crippen LogP contribution in [0.1, 0.15) is 26.7 Å². The zero-order chi connectivity index (χ0) is 18.6. The van der Waals surface area contributed by atoms with Crippen molar-refractivity contribution in [2.24, 2.45) is 5.92 Å². The van der Waals surface area contributed by atoms with Crippen LogP contribution in [0.4, 0.5) is 10.8 Å². The van der Waals surface area contributed by atoms with Gasteiger partial charge in [0, 0.05) is 18.1 Å². The van der Waals surface area contributed by atoms with Crippen LogP contribution in [0, 0.1) is 16.0 Å². The highest BCUT2D eigenvalue weighted by atomic mass is 32.2. The molecule has 134 valence electrons. The second kappa shape index (κ2) is 7.70. The Balaban J connectivity index is 2.22. The molecule has 25 heavy (non-hydrogen) atoms. The molecule has 0 aliphatic heterocycles. The summed E-state index contributed by atoms with van der Waals surface area (Å²) in [4.78, 5) is 26.0. The summed E-state index contributed by atoms with van der Waals surface area (Å²) in [5.41, 5.74) is -0.193. The van der Waals surface area contributed by atoms with Crippen LogP contribution in [0.5, 0.6) is 0 Å². The molecule has 0 saturated carbocycles. The number of thiazole rings is 1. The normalized spacial score (nSPS) is 11.5. The number of nitrogens with zero attached hydrogens (tertiary/aromatic N) is 2. The molecule has 1 N–H and O–H groups in total. The summed E-state index contributed by atoms with van der Waals surface area (Å²) in [6.45, 7) is 3.81. The van der Waals surface area contributed by atoms with Crippen molar-refractivity contribution in [2.45, 2.75) is 35.8 Å². The Hall–Kier alpha value is -2.33. The summed E-state index contributed by atoms with van der Waals surface area (Å²) in [6, 6.07) is 4.61. The van der Waals surface area contributed by atoms with E-state index in [0.29, 0.717) is 12.8 Å². The van der Waals surface area contributed by atoms with E-state index in [-0.39, 0.29) is 31.7 Å². The highest BCUT2D eigenvalue weighted by molar-refractivity contribution is 7.93. The van der Waals surface area contributed by atoms with Crippen LogP contribution < -0.4 is 5.32 Å². The van der Waals surface area contributed by atoms with Crippen LogP contribution >= 0.6 is 11.3 Å². The van der Waals surface area contributed by atoms with Gasteiger partial charge in [0.15, 0.2) is 5.13 Å². The van der Waals surface area contributed by atoms with Gasteiger partial charge in [-0.15, -0.1) is 0 Å². The molecule has 1 heterocycles. The Bertz CT molecular complexity index is 871. The first-order valence-electron chi connectivity index (χ1n) is 7.55. The van der Waals surface area contributed by atoms with Crippen molar-refractivity contribution in [2.75, 3.05) is 5.32 Å². The number of anilines is 1. The third-order valence-corrected chi connectivity index (χ3v) is 6.84. The number of non-ortho nitro benzene ring substituents is 1. The number of nitro groups is 1. The third-order valence-electron chi connectivity index (χ3n) is 3.69. The number of hydrogen-bond acceptors (Lipinski definition) is 7. The molecule has 1 aromatic heterocycles. The van der Waals surface area contributed by atoms with Gasteiger partial charge in [0.1, 0.15) is 4.21 Å². The highest BCUT2D eigenvalue weighted by Gasteiger charge is 2.23. The van der Waals surface area contributed by atoms with Crippen molar-refractivity contribution < 1.29 is 18.1 Å². The summed E-state index contributed by atoms with van der Waals surface area (Å²) >= 11 is 0.847. The summed E-state index contributed by atoms with van der Waals surface area (Å²) in [5, 5.41) is 13.5. The minimum Gasteiger partial charge on any atom is -0.302 e. The summed E-state index contributed by atoms with van der Waals surface area (Å²) < 4.78 is 25.1. The molecule has 2 rings (SSSR count). The van der Waals surface area contributed by atoms with Gasteiger partial charge in [0.25, 0.3) is 5.69 Å². The Labute approximate surface area is 149 Å². The van der Waals surface area contributed by atoms with Crippen LogP contribution in [0.3, 0.4) is 0 Å². The largest absolute Gasteiger partial charge is 0.302 e. The van der Waals surface area contributed by atoms with Gasteiger partial charge in [-0.25, -0.2) is 13.4 Å². The second-order valence-corrected chi connectivity index (χ2v) is 8.45. The molecule has 2 aromatic rings. The van der Waals surface area contributed by atoms with E-state index in [9.17, 15) is 23.3 Å². The summed E-state index contributed by atoms with van der Waals surface area (Å²) in [7, 11) is -3.85. The van der Waals surface area contributed by atoms with Crippen molar-refractivity contribution in [3.05, 3.63) is 40.6 Å². The van der Waals surface area contributed by atoms with Crippen LogP contribution in [0.2, 0.25) is 0 Å². The van der Waals surface area contributed by atoms with Gasteiger partial charge in [0.05, 0.1) is 16.0 Å². The van der Waals surface area contributed by atoms with E-state index >= 15 is 0 Å². The van der Waals surface area contributed by atoms with Gasteiger partial charge >= 0.3 is 0 Å². The fraction of sp³-hybridized carbons (Fsp3) is 0.333. The molecule has 0 aliphatic carbocycles. The predicted molar refractivity (Wildman–Crippen MR) is 93.4 cm³/mol. The molecule has 0 aliphatic rings. The van der Waals surface area contributed by atoms with Gasteiger partial charge in [-0.1, -0.05) is 25.2 Å². The molecule has 8 nitrogen and oxygen atoms in total. The standard InChI is InChI=1S/C15H17N3O5S2/c1-3-10(4-2)14(19)17-15-16-9-13(24-15)25(22,23)12-7-5-11(6-8-12)18(20)21/h5-10H,3-4H2,1-2H3,(H,16,17,19). The Morgan fingerprint density at radius 2 is 1.88 bits per heavy atom. The molecule has 0 fully saturated rings. The minimum atomic E-state index is -3.85. The Kier molecular flexibility index (Phi) is 5.85. The smallest absolute Gasteiger partial charge is 0.269 e. The molecular weight excluding hydrogens is 366 g/mol. The SMILES string of the molecule is CCC(CC)C(=O)Nc1ncc(S(=O)(=O)c2ccc([N+](=O)[O-])cc2)s1. The van der Waals surface area contributed by atoms with Gasteiger partial charge in [-0.2, -0.15) is 0 Å². The number of rotatable bonds is 7. The van der Waals surface area contributed by atoms with Crippen molar-refractivity contribution in [1.82, 2.24) is 4.98 Å². The first-order valence-corrected chi connectivity index (χ1v) is 9.85. The van der Waals surface area contributed by atoms with Gasteiger partial charge < -0.3 is 5.32 Å². The molecule has 1 aromatic carbocycles. The molecular formula is C15H17N3O5S2. The molecule has 0 radical (unpaired) electrons. The molecule has 0 saturated heterocycles. The quantitative estimate of drug-likeness (QED) is 0.579. The van der Waals surface area contributed by atoms with E-state index < -0.39 is 14.8 Å². The topological polar surface area (TPSA) is 119 Å². The number of sulfone groups is 1. The van der Waals surface area contributed by atoms with E-state index in [1.165, 1.54) is 18.3 Å². The first kappa shape index (κ1) is 19.0. The Morgan fingerprint density at radius 3 is 2.40 bits per heavy atom. The van der Waals surface area contributed by atoms with Crippen LogP contribution in [0.25, 0.3) is 0 Å². The lowest BCUT2D eigenvalue weighted by Crippen LogP contribution is -2.21. The summed E-state index contributed by atoms with van der Waals surface area (Å²) in [5.74, 6) is -0.350. The number of nitro benzene ring substituents is 1. The number of benzene rings is 1. The molecule has 0 atom stereocenters. The van der Waals surface area contributed by atoms with Crippen LogP contribution in [-0.4, -0.2) is 24.2 Å². The van der Waals surface area contributed by atoms with Crippen molar-refractivity contribution in [3.8, 4) is 0 Å². The maximum atomic E-state index is 12.5. The van der Waals surface area contributed by atoms with Crippen molar-refractivity contribution >= 4 is 37.9 Å². The Morgan fingerprint density at radius 1 is 1.28 bits per heavy atom. The van der Waals surface area contributed by atoms with Crippen molar-refractivity contribution in [3.63, 3.8) is 0 Å². The van der Waals surface area contributed by atoms with E-state index in [1.54, 1.807) is 0 Å². The van der Waals surface area contributed by atoms with Crippen LogP contribution in [0.15, 0.2) is 39.6 Å². The molecule has 0 unspecified atom stereocenters. The number of aromatic nitrogens is 1. The molecule has 1 amide bonds. The average molecular weight is 383 g/mol. The average Bonchev–Trinajstić information content (AvgIpc) is 3.05. The van der Waals surface area contributed by atoms with E-state index in [0.717, 1.165) is 23.5 Å². The summed E-state index contributed by atoms with van der Waals surface area (Å²) in [6.07, 6.45) is 2.53. The first-order chi connectivity index (χ1) is 11.8. The fourth-order valence-electron chi connectivity index (χ4n) is 2.17. The zero-order valence-corrected chi connectivity index (χ0v) is 15.3. The van der Waals surface area contributed by atoms with Gasteiger partial charge in [-0.05, 0) is 25.0 Å². The van der Waals surface area contributed by atoms with E-state index in [2.05, 4.69) is 10.3 Å². The van der Waals surface area contributed by atoms with Crippen LogP contribution in [-0.2, 0) is 14.6 Å². The second-order valence-electron chi connectivity index (χ2n) is 5.24. The number of carbonyl (C=O) groups is 1. The maximum absolute atomic E-state index is 12.5. The monoisotopic (exact) mass is 383 g/mol. The van der Waals surface area contributed by atoms with Gasteiger partial charge in [0.2, 0.25) is 15.7 Å². The zero-order valence-electron chi connectivity index (χ0n) is 13.6. The van der Waals surface area contributed by atoms with Crippen molar-refractivity contribution in [1.29, 1.82) is 0 Å². The molecule has 0 spiro atoms. The molecule has 10 heteroatoms. The fourth-order valence-corrected chi connectivity index (χ4v) is 4.61. The number of carbonyl (C=O) groups excluding carboxylic acids is 1. The number of hydrogen-bond donors (Lipinski definition) is 1. The highest BCUT2D eigenvalue weighted by Crippen LogP contribution is 2.29. The maximum Gasteiger partial charge on any atom is 0.269 e. The van der Waals surface area contributed by atoms with E-state index in [4.69, 9.17) is 0 Å². The lowest BCUT2D eigenvalue weighted by Gasteiger charge is -2.10. The third kappa shape index (κ3) is 4.20. The predicted octanol–water partition coefficient (Wildman–Crippen LogP) is 3.26. The number of amides is 1.